The molecule has 1 aromatic carbocycles. The number of benzene rings is 1. The maximum Gasteiger partial charge on any atom is 0.281 e. The van der Waals surface area contributed by atoms with E-state index in [1.807, 2.05) is 6.07 Å². The van der Waals surface area contributed by atoms with Gasteiger partial charge in [-0.3, -0.25) is 9.36 Å². The van der Waals surface area contributed by atoms with Gasteiger partial charge in [0.05, 0.1) is 5.69 Å². The Kier molecular flexibility index (Phi) is 5.09. The van der Waals surface area contributed by atoms with Crippen LogP contribution >= 0.6 is 15.9 Å². The molecule has 0 aliphatic rings. The van der Waals surface area contributed by atoms with Crippen LogP contribution in [-0.2, 0) is 6.54 Å². The predicted molar refractivity (Wildman–Crippen MR) is 90.3 cm³/mol. The molecule has 0 aliphatic carbocycles. The summed E-state index contributed by atoms with van der Waals surface area (Å²) in [7, 11) is 0. The maximum atomic E-state index is 12.4. The average molecular weight is 373 g/mol. The molecule has 2 rings (SSSR count). The third-order valence-electron chi connectivity index (χ3n) is 3.17. The Hall–Kier alpha value is -2.72. The first-order chi connectivity index (χ1) is 11.0. The average Bonchev–Trinajstić information content (AvgIpc) is 2.53. The molecule has 116 valence electrons. The smallest absolute Gasteiger partial charge is 0.281 e. The fourth-order valence-corrected chi connectivity index (χ4v) is 2.24. The number of azo groups is 1. The molecule has 1 heterocycles. The molecule has 0 atom stereocenters. The van der Waals surface area contributed by atoms with Gasteiger partial charge in [0.1, 0.15) is 11.6 Å². The summed E-state index contributed by atoms with van der Waals surface area (Å²) in [5.74, 6) is -0.391. The first-order valence-corrected chi connectivity index (χ1v) is 7.43. The fourth-order valence-electron chi connectivity index (χ4n) is 1.97. The molecule has 0 fully saturated rings. The van der Waals surface area contributed by atoms with Gasteiger partial charge < -0.3 is 5.11 Å². The van der Waals surface area contributed by atoms with Crippen molar-refractivity contribution in [2.75, 3.05) is 0 Å². The summed E-state index contributed by atoms with van der Waals surface area (Å²) in [6.07, 6.45) is 1.45. The van der Waals surface area contributed by atoms with Gasteiger partial charge in [-0.2, -0.15) is 10.4 Å². The second-order valence-corrected chi connectivity index (χ2v) is 5.58. The molecule has 23 heavy (non-hydrogen) atoms. The molecule has 0 unspecified atom stereocenters. The number of hydrogen-bond acceptors (Lipinski definition) is 5. The van der Waals surface area contributed by atoms with Crippen LogP contribution in [0, 0.1) is 18.3 Å². The SMILES string of the molecule is C=CCn1c(O)c(C#N)c(C)c(N=Nc2ccc(Br)cc2)c1=O. The van der Waals surface area contributed by atoms with Crippen molar-refractivity contribution in [2.45, 2.75) is 13.5 Å². The minimum atomic E-state index is -0.528. The van der Waals surface area contributed by atoms with E-state index >= 15 is 0 Å². The molecule has 0 saturated carbocycles. The minimum absolute atomic E-state index is 0.00351. The lowest BCUT2D eigenvalue weighted by atomic mass is 10.1. The van der Waals surface area contributed by atoms with E-state index in [0.717, 1.165) is 9.04 Å². The molecule has 0 saturated heterocycles. The molecule has 0 amide bonds. The number of aromatic hydroxyl groups is 1. The molecule has 0 spiro atoms. The van der Waals surface area contributed by atoms with Crippen LogP contribution in [-0.4, -0.2) is 9.67 Å². The molecular weight excluding hydrogens is 360 g/mol. The predicted octanol–water partition coefficient (Wildman–Crippen LogP) is 4.10. The van der Waals surface area contributed by atoms with Crippen molar-refractivity contribution < 1.29 is 5.11 Å². The number of hydrogen-bond donors (Lipinski definition) is 1. The standard InChI is InChI=1S/C16H13BrN4O2/c1-3-8-21-15(22)13(9-18)10(2)14(16(21)23)20-19-12-6-4-11(17)5-7-12/h3-7,22H,1,8H2,2H3. The van der Waals surface area contributed by atoms with E-state index in [2.05, 4.69) is 32.7 Å². The third kappa shape index (κ3) is 3.38. The van der Waals surface area contributed by atoms with E-state index in [1.54, 1.807) is 31.2 Å². The second kappa shape index (κ2) is 7.03. The minimum Gasteiger partial charge on any atom is -0.493 e. The van der Waals surface area contributed by atoms with Gasteiger partial charge in [-0.15, -0.1) is 11.7 Å². The van der Waals surface area contributed by atoms with Crippen LogP contribution in [0.5, 0.6) is 5.88 Å². The highest BCUT2D eigenvalue weighted by molar-refractivity contribution is 9.10. The van der Waals surface area contributed by atoms with Crippen molar-refractivity contribution in [3.63, 3.8) is 0 Å². The summed E-state index contributed by atoms with van der Waals surface area (Å²) in [5, 5.41) is 27.2. The largest absolute Gasteiger partial charge is 0.493 e. The topological polar surface area (TPSA) is 90.7 Å². The Morgan fingerprint density at radius 3 is 2.61 bits per heavy atom. The number of rotatable bonds is 4. The van der Waals surface area contributed by atoms with Crippen molar-refractivity contribution in [1.29, 1.82) is 5.26 Å². The highest BCUT2D eigenvalue weighted by Crippen LogP contribution is 2.27. The monoisotopic (exact) mass is 372 g/mol. The highest BCUT2D eigenvalue weighted by atomic mass is 79.9. The Bertz CT molecular complexity index is 877. The number of halogens is 1. The summed E-state index contributed by atoms with van der Waals surface area (Å²) in [5.41, 5.74) is 0.338. The van der Waals surface area contributed by atoms with E-state index in [9.17, 15) is 15.2 Å². The quantitative estimate of drug-likeness (QED) is 0.646. The Labute approximate surface area is 141 Å². The van der Waals surface area contributed by atoms with Gasteiger partial charge in [0.15, 0.2) is 5.69 Å². The molecular formula is C16H13BrN4O2. The molecule has 0 radical (unpaired) electrons. The number of pyridine rings is 1. The van der Waals surface area contributed by atoms with Crippen molar-refractivity contribution in [2.24, 2.45) is 10.2 Å². The Morgan fingerprint density at radius 1 is 1.39 bits per heavy atom. The summed E-state index contributed by atoms with van der Waals surface area (Å²) in [4.78, 5) is 12.4. The van der Waals surface area contributed by atoms with Gasteiger partial charge in [0.2, 0.25) is 5.88 Å². The molecule has 1 N–H and O–H groups in total. The van der Waals surface area contributed by atoms with E-state index in [0.29, 0.717) is 5.69 Å². The van der Waals surface area contributed by atoms with Crippen LogP contribution < -0.4 is 5.56 Å². The van der Waals surface area contributed by atoms with Crippen molar-refractivity contribution in [3.05, 3.63) is 62.9 Å². The molecule has 7 heteroatoms. The van der Waals surface area contributed by atoms with E-state index in [-0.39, 0.29) is 23.4 Å². The zero-order valence-corrected chi connectivity index (χ0v) is 13.9. The van der Waals surface area contributed by atoms with Crippen LogP contribution in [0.3, 0.4) is 0 Å². The lowest BCUT2D eigenvalue weighted by Crippen LogP contribution is -2.21. The number of nitrogens with zero attached hydrogens (tertiary/aromatic N) is 4. The van der Waals surface area contributed by atoms with Crippen molar-refractivity contribution in [3.8, 4) is 11.9 Å². The van der Waals surface area contributed by atoms with Gasteiger partial charge in [-0.05, 0) is 31.2 Å². The summed E-state index contributed by atoms with van der Waals surface area (Å²) >= 11 is 3.32. The van der Waals surface area contributed by atoms with Gasteiger partial charge in [-0.25, -0.2) is 0 Å². The second-order valence-electron chi connectivity index (χ2n) is 4.66. The summed E-state index contributed by atoms with van der Waals surface area (Å²) < 4.78 is 1.94. The lowest BCUT2D eigenvalue weighted by molar-refractivity contribution is 0.414. The zero-order valence-electron chi connectivity index (χ0n) is 12.3. The number of allylic oxidation sites excluding steroid dienone is 1. The number of nitriles is 1. The van der Waals surface area contributed by atoms with Crippen LogP contribution in [0.1, 0.15) is 11.1 Å². The first kappa shape index (κ1) is 16.6. The van der Waals surface area contributed by atoms with Gasteiger partial charge in [-0.1, -0.05) is 22.0 Å². The van der Waals surface area contributed by atoms with Gasteiger partial charge in [0, 0.05) is 16.6 Å². The molecule has 6 nitrogen and oxygen atoms in total. The fraction of sp³-hybridized carbons (Fsp3) is 0.125. The summed E-state index contributed by atoms with van der Waals surface area (Å²) in [6.45, 7) is 5.15. The maximum absolute atomic E-state index is 12.4. The number of aromatic nitrogens is 1. The van der Waals surface area contributed by atoms with E-state index in [4.69, 9.17) is 0 Å². The van der Waals surface area contributed by atoms with Gasteiger partial charge >= 0.3 is 0 Å². The molecule has 1 aromatic heterocycles. The normalized spacial score (nSPS) is 10.7. The Balaban J connectivity index is 2.60. The third-order valence-corrected chi connectivity index (χ3v) is 3.70. The van der Waals surface area contributed by atoms with Crippen LogP contribution in [0.2, 0.25) is 0 Å². The zero-order chi connectivity index (χ0) is 17.0. The van der Waals surface area contributed by atoms with Crippen LogP contribution in [0.4, 0.5) is 11.4 Å². The van der Waals surface area contributed by atoms with Gasteiger partial charge in [0.25, 0.3) is 5.56 Å². The lowest BCUT2D eigenvalue weighted by Gasteiger charge is -2.11. The van der Waals surface area contributed by atoms with Crippen molar-refractivity contribution >= 4 is 27.3 Å². The summed E-state index contributed by atoms with van der Waals surface area (Å²) in [6, 6.07) is 8.95. The van der Waals surface area contributed by atoms with Crippen LogP contribution in [0.25, 0.3) is 0 Å². The Morgan fingerprint density at radius 2 is 2.04 bits per heavy atom. The van der Waals surface area contributed by atoms with Crippen LogP contribution in [0.15, 0.2) is 56.4 Å². The highest BCUT2D eigenvalue weighted by Gasteiger charge is 2.18. The molecule has 0 aliphatic heterocycles. The molecule has 2 aromatic rings. The van der Waals surface area contributed by atoms with E-state index < -0.39 is 11.4 Å². The van der Waals surface area contributed by atoms with Crippen molar-refractivity contribution in [1.82, 2.24) is 4.57 Å². The first-order valence-electron chi connectivity index (χ1n) is 6.64. The molecule has 0 bridgehead atoms. The van der Waals surface area contributed by atoms with E-state index in [1.165, 1.54) is 6.08 Å².